The highest BCUT2D eigenvalue weighted by Crippen LogP contribution is 2.13. The van der Waals surface area contributed by atoms with Gasteiger partial charge < -0.3 is 25.6 Å². The van der Waals surface area contributed by atoms with E-state index >= 15 is 0 Å². The Hall–Kier alpha value is -3.55. The van der Waals surface area contributed by atoms with E-state index in [4.69, 9.17) is 4.74 Å². The minimum absolute atomic E-state index is 0.179. The van der Waals surface area contributed by atoms with E-state index < -0.39 is 11.7 Å². The molecule has 0 fully saturated rings. The van der Waals surface area contributed by atoms with Crippen LogP contribution in [0.5, 0.6) is 0 Å². The number of alkyl carbamates (subject to hydrolysis) is 1. The summed E-state index contributed by atoms with van der Waals surface area (Å²) in [6.45, 7) is 5.34. The van der Waals surface area contributed by atoms with Gasteiger partial charge >= 0.3 is 6.09 Å². The molecule has 2 aromatic rings. The first kappa shape index (κ1) is 23.7. The normalized spacial score (nSPS) is 10.7. The second-order valence-electron chi connectivity index (χ2n) is 8.23. The molecule has 0 bridgehead atoms. The minimum Gasteiger partial charge on any atom is -0.444 e. The van der Waals surface area contributed by atoms with Crippen molar-refractivity contribution in [3.8, 4) is 0 Å². The molecule has 3 N–H and O–H groups in total. The van der Waals surface area contributed by atoms with E-state index in [0.29, 0.717) is 17.8 Å². The molecule has 0 saturated carbocycles. The van der Waals surface area contributed by atoms with Gasteiger partial charge in [-0.3, -0.25) is 9.59 Å². The fraction of sp³-hybridized carbons (Fsp3) is 0.348. The lowest BCUT2D eigenvalue weighted by Crippen LogP contribution is -2.37. The molecule has 0 atom stereocenters. The Kier molecular flexibility index (Phi) is 8.01. The highest BCUT2D eigenvalue weighted by Gasteiger charge is 2.16. The molecule has 3 amide bonds. The van der Waals surface area contributed by atoms with Crippen LogP contribution in [-0.2, 0) is 16.1 Å². The SMILES string of the molecule is CN(C)c1ccc(C(=O)NCc2cccc(NC(=O)CNC(=O)OC(C)(C)C)c2)cc1. The Labute approximate surface area is 183 Å². The quantitative estimate of drug-likeness (QED) is 0.632. The van der Waals surface area contributed by atoms with Crippen LogP contribution in [0.15, 0.2) is 48.5 Å². The standard InChI is InChI=1S/C23H30N4O4/c1-23(2,3)31-22(30)25-15-20(28)26-18-8-6-7-16(13-18)14-24-21(29)17-9-11-19(12-10-17)27(4)5/h6-13H,14-15H2,1-5H3,(H,24,29)(H,25,30)(H,26,28). The number of nitrogens with one attached hydrogen (secondary N) is 3. The van der Waals surface area contributed by atoms with Crippen molar-refractivity contribution in [1.82, 2.24) is 10.6 Å². The molecule has 31 heavy (non-hydrogen) atoms. The first-order chi connectivity index (χ1) is 14.5. The van der Waals surface area contributed by atoms with E-state index in [-0.39, 0.29) is 18.4 Å². The van der Waals surface area contributed by atoms with E-state index in [1.165, 1.54) is 0 Å². The van der Waals surface area contributed by atoms with E-state index in [0.717, 1.165) is 11.3 Å². The van der Waals surface area contributed by atoms with Crippen molar-refractivity contribution in [2.45, 2.75) is 32.9 Å². The average molecular weight is 427 g/mol. The predicted molar refractivity (Wildman–Crippen MR) is 121 cm³/mol. The molecule has 166 valence electrons. The maximum absolute atomic E-state index is 12.4. The topological polar surface area (TPSA) is 99.8 Å². The van der Waals surface area contributed by atoms with Gasteiger partial charge in [0.25, 0.3) is 5.91 Å². The molecular weight excluding hydrogens is 396 g/mol. The monoisotopic (exact) mass is 426 g/mol. The van der Waals surface area contributed by atoms with Gasteiger partial charge in [0, 0.05) is 37.6 Å². The van der Waals surface area contributed by atoms with Crippen molar-refractivity contribution in [2.24, 2.45) is 0 Å². The van der Waals surface area contributed by atoms with Crippen LogP contribution in [0.4, 0.5) is 16.2 Å². The number of nitrogens with zero attached hydrogens (tertiary/aromatic N) is 1. The van der Waals surface area contributed by atoms with E-state index in [9.17, 15) is 14.4 Å². The fourth-order valence-electron chi connectivity index (χ4n) is 2.63. The Morgan fingerprint density at radius 1 is 0.968 bits per heavy atom. The Balaban J connectivity index is 1.85. The van der Waals surface area contributed by atoms with E-state index in [1.807, 2.05) is 37.2 Å². The summed E-state index contributed by atoms with van der Waals surface area (Å²) in [5.41, 5.74) is 2.35. The third-order valence-corrected chi connectivity index (χ3v) is 4.10. The Morgan fingerprint density at radius 3 is 2.26 bits per heavy atom. The minimum atomic E-state index is -0.655. The second kappa shape index (κ2) is 10.5. The second-order valence-corrected chi connectivity index (χ2v) is 8.23. The molecule has 0 heterocycles. The largest absolute Gasteiger partial charge is 0.444 e. The maximum atomic E-state index is 12.4. The van der Waals surface area contributed by atoms with Gasteiger partial charge in [0.2, 0.25) is 5.91 Å². The van der Waals surface area contributed by atoms with Crippen LogP contribution in [0.1, 0.15) is 36.7 Å². The van der Waals surface area contributed by atoms with Crippen LogP contribution in [-0.4, -0.2) is 44.1 Å². The van der Waals surface area contributed by atoms with Gasteiger partial charge in [-0.05, 0) is 62.7 Å². The molecule has 0 saturated heterocycles. The summed E-state index contributed by atoms with van der Waals surface area (Å²) in [4.78, 5) is 38.0. The van der Waals surface area contributed by atoms with Crippen LogP contribution in [0.2, 0.25) is 0 Å². The lowest BCUT2D eigenvalue weighted by Gasteiger charge is -2.19. The highest BCUT2D eigenvalue weighted by molar-refractivity contribution is 5.95. The molecule has 2 rings (SSSR count). The summed E-state index contributed by atoms with van der Waals surface area (Å²) in [6.07, 6.45) is -0.655. The third kappa shape index (κ3) is 8.38. The smallest absolute Gasteiger partial charge is 0.408 e. The van der Waals surface area contributed by atoms with Gasteiger partial charge in [0.1, 0.15) is 12.1 Å². The predicted octanol–water partition coefficient (Wildman–Crippen LogP) is 3.15. The maximum Gasteiger partial charge on any atom is 0.408 e. The summed E-state index contributed by atoms with van der Waals surface area (Å²) in [5.74, 6) is -0.561. The van der Waals surface area contributed by atoms with E-state index in [1.54, 1.807) is 51.1 Å². The number of benzene rings is 2. The molecule has 0 aromatic heterocycles. The van der Waals surface area contributed by atoms with Crippen LogP contribution in [0.3, 0.4) is 0 Å². The summed E-state index contributed by atoms with van der Waals surface area (Å²) < 4.78 is 5.09. The molecule has 0 aliphatic rings. The first-order valence-electron chi connectivity index (χ1n) is 9.95. The number of ether oxygens (including phenoxy) is 1. The number of rotatable bonds is 7. The van der Waals surface area contributed by atoms with Gasteiger partial charge in [-0.15, -0.1) is 0 Å². The summed E-state index contributed by atoms with van der Waals surface area (Å²) in [6, 6.07) is 14.5. The summed E-state index contributed by atoms with van der Waals surface area (Å²) in [7, 11) is 3.88. The van der Waals surface area contributed by atoms with Crippen LogP contribution >= 0.6 is 0 Å². The lowest BCUT2D eigenvalue weighted by atomic mass is 10.1. The van der Waals surface area contributed by atoms with Crippen molar-refractivity contribution in [3.05, 3.63) is 59.7 Å². The highest BCUT2D eigenvalue weighted by atomic mass is 16.6. The molecule has 0 aliphatic carbocycles. The molecule has 8 nitrogen and oxygen atoms in total. The van der Waals surface area contributed by atoms with Crippen LogP contribution in [0.25, 0.3) is 0 Å². The number of carbonyl (C=O) groups excluding carboxylic acids is 3. The Bertz CT molecular complexity index is 918. The van der Waals surface area contributed by atoms with Crippen molar-refractivity contribution >= 4 is 29.3 Å². The molecule has 2 aromatic carbocycles. The molecule has 0 radical (unpaired) electrons. The fourth-order valence-corrected chi connectivity index (χ4v) is 2.63. The van der Waals surface area contributed by atoms with Gasteiger partial charge in [-0.1, -0.05) is 12.1 Å². The van der Waals surface area contributed by atoms with Crippen LogP contribution in [0, 0.1) is 0 Å². The lowest BCUT2D eigenvalue weighted by molar-refractivity contribution is -0.115. The zero-order valence-corrected chi connectivity index (χ0v) is 18.6. The molecule has 0 spiro atoms. The summed E-state index contributed by atoms with van der Waals surface area (Å²) in [5, 5.41) is 7.99. The van der Waals surface area contributed by atoms with Gasteiger partial charge in [0.05, 0.1) is 0 Å². The van der Waals surface area contributed by atoms with Gasteiger partial charge in [0.15, 0.2) is 0 Å². The average Bonchev–Trinajstić information content (AvgIpc) is 2.69. The molecule has 8 heteroatoms. The molecule has 0 aliphatic heterocycles. The zero-order chi connectivity index (χ0) is 23.0. The van der Waals surface area contributed by atoms with Crippen LogP contribution < -0.4 is 20.9 Å². The number of anilines is 2. The van der Waals surface area contributed by atoms with Crippen molar-refractivity contribution < 1.29 is 19.1 Å². The Morgan fingerprint density at radius 2 is 1.65 bits per heavy atom. The third-order valence-electron chi connectivity index (χ3n) is 4.10. The van der Waals surface area contributed by atoms with Crippen molar-refractivity contribution in [1.29, 1.82) is 0 Å². The number of hydrogen-bond donors (Lipinski definition) is 3. The molecular formula is C23H30N4O4. The number of carbonyl (C=O) groups is 3. The van der Waals surface area contributed by atoms with Gasteiger partial charge in [-0.2, -0.15) is 0 Å². The van der Waals surface area contributed by atoms with Crippen molar-refractivity contribution in [3.63, 3.8) is 0 Å². The number of hydrogen-bond acceptors (Lipinski definition) is 5. The zero-order valence-electron chi connectivity index (χ0n) is 18.6. The number of amides is 3. The van der Waals surface area contributed by atoms with E-state index in [2.05, 4.69) is 16.0 Å². The van der Waals surface area contributed by atoms with Crippen molar-refractivity contribution in [2.75, 3.05) is 30.9 Å². The summed E-state index contributed by atoms with van der Waals surface area (Å²) >= 11 is 0. The molecule has 0 unspecified atom stereocenters. The first-order valence-corrected chi connectivity index (χ1v) is 9.95. The van der Waals surface area contributed by atoms with Gasteiger partial charge in [-0.25, -0.2) is 4.79 Å².